The number of hydrogen-bond donors (Lipinski definition) is 2. The van der Waals surface area contributed by atoms with Crippen molar-refractivity contribution in [2.75, 3.05) is 13.1 Å². The SMILES string of the molecule is CC[C@H]1C(=O)NCCN1C(=O)c1cc(C)[nH]n1. The van der Waals surface area contributed by atoms with Crippen LogP contribution >= 0.6 is 0 Å². The monoisotopic (exact) mass is 236 g/mol. The predicted octanol–water partition coefficient (Wildman–Crippen LogP) is 0.0687. The molecule has 1 fully saturated rings. The minimum Gasteiger partial charge on any atom is -0.353 e. The second-order valence-corrected chi connectivity index (χ2v) is 4.15. The fourth-order valence-electron chi connectivity index (χ4n) is 2.04. The first-order valence-electron chi connectivity index (χ1n) is 5.74. The predicted molar refractivity (Wildman–Crippen MR) is 61.4 cm³/mol. The molecule has 2 heterocycles. The van der Waals surface area contributed by atoms with Crippen molar-refractivity contribution in [1.29, 1.82) is 0 Å². The highest BCUT2D eigenvalue weighted by molar-refractivity contribution is 5.96. The van der Waals surface area contributed by atoms with Gasteiger partial charge in [0.2, 0.25) is 5.91 Å². The standard InChI is InChI=1S/C11H16N4O2/c1-3-9-10(16)12-4-5-15(9)11(17)8-6-7(2)13-14-8/h6,9H,3-5H2,1-2H3,(H,12,16)(H,13,14)/t9-/m0/s1. The van der Waals surface area contributed by atoms with Gasteiger partial charge < -0.3 is 10.2 Å². The minimum atomic E-state index is -0.381. The van der Waals surface area contributed by atoms with Gasteiger partial charge in [-0.15, -0.1) is 0 Å². The van der Waals surface area contributed by atoms with Crippen molar-refractivity contribution in [3.63, 3.8) is 0 Å². The summed E-state index contributed by atoms with van der Waals surface area (Å²) in [4.78, 5) is 25.4. The summed E-state index contributed by atoms with van der Waals surface area (Å²) in [6, 6.07) is 1.31. The molecule has 1 atom stereocenters. The molecule has 0 bridgehead atoms. The fraction of sp³-hybridized carbons (Fsp3) is 0.545. The van der Waals surface area contributed by atoms with Gasteiger partial charge in [0.05, 0.1) is 0 Å². The van der Waals surface area contributed by atoms with Gasteiger partial charge in [-0.2, -0.15) is 5.10 Å². The molecule has 1 aliphatic heterocycles. The van der Waals surface area contributed by atoms with Crippen LogP contribution in [0.15, 0.2) is 6.07 Å². The molecular formula is C11H16N4O2. The van der Waals surface area contributed by atoms with Gasteiger partial charge in [-0.05, 0) is 19.4 Å². The Morgan fingerprint density at radius 2 is 2.41 bits per heavy atom. The number of nitrogens with one attached hydrogen (secondary N) is 2. The van der Waals surface area contributed by atoms with Gasteiger partial charge >= 0.3 is 0 Å². The summed E-state index contributed by atoms with van der Waals surface area (Å²) in [7, 11) is 0. The Bertz CT molecular complexity index is 440. The topological polar surface area (TPSA) is 78.1 Å². The van der Waals surface area contributed by atoms with Crippen LogP contribution in [-0.2, 0) is 4.79 Å². The van der Waals surface area contributed by atoms with Gasteiger partial charge in [0, 0.05) is 18.8 Å². The lowest BCUT2D eigenvalue weighted by Crippen LogP contribution is -2.56. The quantitative estimate of drug-likeness (QED) is 0.762. The van der Waals surface area contributed by atoms with Crippen LogP contribution in [-0.4, -0.2) is 46.0 Å². The average Bonchev–Trinajstić information content (AvgIpc) is 2.74. The second-order valence-electron chi connectivity index (χ2n) is 4.15. The van der Waals surface area contributed by atoms with Crippen molar-refractivity contribution in [2.45, 2.75) is 26.3 Å². The molecule has 1 saturated heterocycles. The van der Waals surface area contributed by atoms with E-state index in [4.69, 9.17) is 0 Å². The Morgan fingerprint density at radius 3 is 3.00 bits per heavy atom. The van der Waals surface area contributed by atoms with Crippen molar-refractivity contribution in [3.05, 3.63) is 17.5 Å². The van der Waals surface area contributed by atoms with E-state index in [1.807, 2.05) is 13.8 Å². The van der Waals surface area contributed by atoms with Gasteiger partial charge in [-0.1, -0.05) is 6.92 Å². The first-order valence-corrected chi connectivity index (χ1v) is 5.74. The fourth-order valence-corrected chi connectivity index (χ4v) is 2.04. The average molecular weight is 236 g/mol. The number of aromatic amines is 1. The number of amides is 2. The molecule has 92 valence electrons. The van der Waals surface area contributed by atoms with E-state index < -0.39 is 0 Å². The zero-order valence-corrected chi connectivity index (χ0v) is 9.99. The van der Waals surface area contributed by atoms with Crippen LogP contribution in [0.2, 0.25) is 0 Å². The Kier molecular flexibility index (Phi) is 3.12. The summed E-state index contributed by atoms with van der Waals surface area (Å²) >= 11 is 0. The number of carbonyl (C=O) groups excluding carboxylic acids is 2. The number of aryl methyl sites for hydroxylation is 1. The summed E-state index contributed by atoms with van der Waals surface area (Å²) in [5.41, 5.74) is 1.21. The molecule has 2 rings (SSSR count). The Labute approximate surface area is 99.4 Å². The first kappa shape index (κ1) is 11.6. The second kappa shape index (κ2) is 4.57. The molecule has 6 heteroatoms. The van der Waals surface area contributed by atoms with Crippen LogP contribution in [0.5, 0.6) is 0 Å². The molecule has 2 amide bonds. The smallest absolute Gasteiger partial charge is 0.275 e. The van der Waals surface area contributed by atoms with Gasteiger partial charge in [0.1, 0.15) is 11.7 Å². The zero-order chi connectivity index (χ0) is 12.4. The van der Waals surface area contributed by atoms with Gasteiger partial charge in [0.25, 0.3) is 5.91 Å². The first-order chi connectivity index (χ1) is 8.13. The van der Waals surface area contributed by atoms with Crippen LogP contribution < -0.4 is 5.32 Å². The van der Waals surface area contributed by atoms with E-state index in [0.29, 0.717) is 25.2 Å². The van der Waals surface area contributed by atoms with E-state index in [1.54, 1.807) is 11.0 Å². The summed E-state index contributed by atoms with van der Waals surface area (Å²) in [5.74, 6) is -0.268. The van der Waals surface area contributed by atoms with E-state index >= 15 is 0 Å². The number of nitrogens with zero attached hydrogens (tertiary/aromatic N) is 2. The summed E-state index contributed by atoms with van der Waals surface area (Å²) in [6.07, 6.45) is 0.612. The summed E-state index contributed by atoms with van der Waals surface area (Å²) in [5, 5.41) is 9.43. The number of carbonyl (C=O) groups is 2. The molecule has 0 aromatic carbocycles. The van der Waals surface area contributed by atoms with Crippen molar-refractivity contribution in [3.8, 4) is 0 Å². The molecule has 0 radical (unpaired) electrons. The zero-order valence-electron chi connectivity index (χ0n) is 9.99. The van der Waals surface area contributed by atoms with Gasteiger partial charge in [0.15, 0.2) is 0 Å². The minimum absolute atomic E-state index is 0.0839. The molecule has 1 aromatic rings. The largest absolute Gasteiger partial charge is 0.353 e. The van der Waals surface area contributed by atoms with Crippen LogP contribution in [0.3, 0.4) is 0 Å². The van der Waals surface area contributed by atoms with E-state index in [-0.39, 0.29) is 17.9 Å². The lowest BCUT2D eigenvalue weighted by Gasteiger charge is -2.33. The molecule has 0 aliphatic carbocycles. The van der Waals surface area contributed by atoms with Crippen molar-refractivity contribution >= 4 is 11.8 Å². The van der Waals surface area contributed by atoms with Crippen molar-refractivity contribution in [1.82, 2.24) is 20.4 Å². The number of aromatic nitrogens is 2. The molecule has 0 saturated carbocycles. The normalized spacial score (nSPS) is 20.2. The Balaban J connectivity index is 2.20. The molecule has 1 aliphatic rings. The molecule has 0 spiro atoms. The molecule has 6 nitrogen and oxygen atoms in total. The van der Waals surface area contributed by atoms with E-state index in [9.17, 15) is 9.59 Å². The Morgan fingerprint density at radius 1 is 1.65 bits per heavy atom. The highest BCUT2D eigenvalue weighted by Gasteiger charge is 2.32. The van der Waals surface area contributed by atoms with Crippen molar-refractivity contribution in [2.24, 2.45) is 0 Å². The number of rotatable bonds is 2. The van der Waals surface area contributed by atoms with Crippen LogP contribution in [0.25, 0.3) is 0 Å². The lowest BCUT2D eigenvalue weighted by atomic mass is 10.1. The Hall–Kier alpha value is -1.85. The third-order valence-electron chi connectivity index (χ3n) is 2.90. The van der Waals surface area contributed by atoms with Crippen molar-refractivity contribution < 1.29 is 9.59 Å². The van der Waals surface area contributed by atoms with Gasteiger partial charge in [-0.25, -0.2) is 0 Å². The van der Waals surface area contributed by atoms with E-state index in [1.165, 1.54) is 0 Å². The van der Waals surface area contributed by atoms with Crippen LogP contribution in [0.4, 0.5) is 0 Å². The number of piperazine rings is 1. The highest BCUT2D eigenvalue weighted by Crippen LogP contribution is 2.12. The van der Waals surface area contributed by atoms with Crippen LogP contribution in [0, 0.1) is 6.92 Å². The maximum atomic E-state index is 12.2. The lowest BCUT2D eigenvalue weighted by molar-refractivity contribution is -0.127. The summed E-state index contributed by atoms with van der Waals surface area (Å²) < 4.78 is 0. The van der Waals surface area contributed by atoms with Crippen LogP contribution in [0.1, 0.15) is 29.5 Å². The molecule has 1 aromatic heterocycles. The maximum Gasteiger partial charge on any atom is 0.275 e. The number of H-pyrrole nitrogens is 1. The molecule has 2 N–H and O–H groups in total. The highest BCUT2D eigenvalue weighted by atomic mass is 16.2. The molecule has 0 unspecified atom stereocenters. The summed E-state index contributed by atoms with van der Waals surface area (Å²) in [6.45, 7) is 4.77. The number of hydrogen-bond acceptors (Lipinski definition) is 3. The third kappa shape index (κ3) is 2.15. The van der Waals surface area contributed by atoms with Gasteiger partial charge in [-0.3, -0.25) is 14.7 Å². The molecule has 17 heavy (non-hydrogen) atoms. The molecular weight excluding hydrogens is 220 g/mol. The maximum absolute atomic E-state index is 12.2. The van der Waals surface area contributed by atoms with E-state index in [0.717, 1.165) is 5.69 Å². The van der Waals surface area contributed by atoms with E-state index in [2.05, 4.69) is 15.5 Å². The third-order valence-corrected chi connectivity index (χ3v) is 2.90.